The van der Waals surface area contributed by atoms with E-state index in [-0.39, 0.29) is 11.9 Å². The van der Waals surface area contributed by atoms with Crippen molar-refractivity contribution in [3.8, 4) is 0 Å². The minimum Gasteiger partial charge on any atom is -0.349 e. The molecule has 1 heterocycles. The fourth-order valence-corrected chi connectivity index (χ4v) is 2.89. The van der Waals surface area contributed by atoms with Crippen LogP contribution in [0.3, 0.4) is 0 Å². The summed E-state index contributed by atoms with van der Waals surface area (Å²) in [4.78, 5) is 16.5. The van der Waals surface area contributed by atoms with Gasteiger partial charge in [-0.25, -0.2) is 4.98 Å². The van der Waals surface area contributed by atoms with Crippen LogP contribution in [-0.2, 0) is 0 Å². The molecule has 1 amide bonds. The topological polar surface area (TPSA) is 42.0 Å². The van der Waals surface area contributed by atoms with Gasteiger partial charge in [0.25, 0.3) is 5.91 Å². The molecule has 1 aliphatic rings. The number of rotatable bonds is 3. The number of amides is 1. The number of pyridine rings is 1. The van der Waals surface area contributed by atoms with Crippen LogP contribution in [0.15, 0.2) is 30.5 Å². The Balaban J connectivity index is 1.89. The van der Waals surface area contributed by atoms with Crippen molar-refractivity contribution < 1.29 is 4.79 Å². The van der Waals surface area contributed by atoms with Crippen LogP contribution in [0.25, 0.3) is 10.8 Å². The Morgan fingerprint density at radius 2 is 2.05 bits per heavy atom. The van der Waals surface area contributed by atoms with E-state index in [2.05, 4.69) is 17.2 Å². The maximum Gasteiger partial charge on any atom is 0.253 e. The highest BCUT2D eigenvalue weighted by atomic mass is 35.5. The molecule has 1 aliphatic carbocycles. The van der Waals surface area contributed by atoms with Crippen molar-refractivity contribution >= 4 is 28.3 Å². The molecule has 1 unspecified atom stereocenters. The van der Waals surface area contributed by atoms with Gasteiger partial charge in [-0.1, -0.05) is 42.3 Å². The van der Waals surface area contributed by atoms with Gasteiger partial charge in [-0.2, -0.15) is 0 Å². The fourth-order valence-electron chi connectivity index (χ4n) is 2.68. The van der Waals surface area contributed by atoms with Crippen LogP contribution >= 0.6 is 11.6 Å². The molecule has 1 aromatic heterocycles. The van der Waals surface area contributed by atoms with Crippen LogP contribution < -0.4 is 5.32 Å². The van der Waals surface area contributed by atoms with Crippen molar-refractivity contribution in [1.29, 1.82) is 0 Å². The smallest absolute Gasteiger partial charge is 0.253 e. The van der Waals surface area contributed by atoms with Crippen LogP contribution in [0.2, 0.25) is 5.15 Å². The minimum atomic E-state index is -0.0650. The monoisotopic (exact) mass is 288 g/mol. The average Bonchev–Trinajstić information content (AvgIpc) is 2.37. The van der Waals surface area contributed by atoms with Crippen LogP contribution in [0.5, 0.6) is 0 Å². The molecule has 1 fully saturated rings. The van der Waals surface area contributed by atoms with E-state index in [9.17, 15) is 4.79 Å². The van der Waals surface area contributed by atoms with Gasteiger partial charge in [0.1, 0.15) is 5.15 Å². The first kappa shape index (κ1) is 13.4. The van der Waals surface area contributed by atoms with Gasteiger partial charge in [0, 0.05) is 17.6 Å². The van der Waals surface area contributed by atoms with Crippen molar-refractivity contribution in [1.82, 2.24) is 10.3 Å². The lowest BCUT2D eigenvalue weighted by Gasteiger charge is -2.31. The third-order valence-electron chi connectivity index (χ3n) is 4.21. The van der Waals surface area contributed by atoms with Crippen molar-refractivity contribution in [3.63, 3.8) is 0 Å². The van der Waals surface area contributed by atoms with Gasteiger partial charge in [-0.05, 0) is 31.1 Å². The number of carbonyl (C=O) groups is 1. The van der Waals surface area contributed by atoms with E-state index in [1.807, 2.05) is 24.3 Å². The first-order chi connectivity index (χ1) is 9.66. The summed E-state index contributed by atoms with van der Waals surface area (Å²) < 4.78 is 0. The fraction of sp³-hybridized carbons (Fsp3) is 0.375. The predicted molar refractivity (Wildman–Crippen MR) is 81.0 cm³/mol. The summed E-state index contributed by atoms with van der Waals surface area (Å²) in [6.45, 7) is 2.08. The molecule has 0 bridgehead atoms. The lowest BCUT2D eigenvalue weighted by atomic mass is 9.80. The van der Waals surface area contributed by atoms with Gasteiger partial charge < -0.3 is 5.32 Å². The number of fused-ring (bicyclic) bond motifs is 1. The van der Waals surface area contributed by atoms with Crippen molar-refractivity contribution in [2.24, 2.45) is 5.92 Å². The molecule has 2 aromatic rings. The number of halogens is 1. The van der Waals surface area contributed by atoms with E-state index in [0.29, 0.717) is 16.6 Å². The molecule has 3 nitrogen and oxygen atoms in total. The largest absolute Gasteiger partial charge is 0.349 e. The van der Waals surface area contributed by atoms with Gasteiger partial charge in [0.2, 0.25) is 0 Å². The zero-order valence-corrected chi connectivity index (χ0v) is 12.2. The summed E-state index contributed by atoms with van der Waals surface area (Å²) in [6.07, 6.45) is 5.26. The lowest BCUT2D eigenvalue weighted by molar-refractivity contribution is 0.0910. The molecule has 1 N–H and O–H groups in total. The van der Waals surface area contributed by atoms with Crippen molar-refractivity contribution in [2.45, 2.75) is 32.2 Å². The number of aromatic nitrogens is 1. The Kier molecular flexibility index (Phi) is 3.62. The maximum atomic E-state index is 12.4. The predicted octanol–water partition coefficient (Wildman–Crippen LogP) is 3.81. The summed E-state index contributed by atoms with van der Waals surface area (Å²) in [6, 6.07) is 7.81. The second-order valence-corrected chi connectivity index (χ2v) is 5.82. The van der Waals surface area contributed by atoms with E-state index in [4.69, 9.17) is 11.6 Å². The Labute approximate surface area is 123 Å². The molecule has 20 heavy (non-hydrogen) atoms. The number of nitrogens with zero attached hydrogens (tertiary/aromatic N) is 1. The van der Waals surface area contributed by atoms with E-state index in [1.54, 1.807) is 6.20 Å². The summed E-state index contributed by atoms with van der Waals surface area (Å²) >= 11 is 6.08. The van der Waals surface area contributed by atoms with E-state index in [1.165, 1.54) is 19.3 Å². The minimum absolute atomic E-state index is 0.0650. The maximum absolute atomic E-state index is 12.4. The number of nitrogens with one attached hydrogen (secondary N) is 1. The highest BCUT2D eigenvalue weighted by molar-refractivity contribution is 6.34. The van der Waals surface area contributed by atoms with E-state index in [0.717, 1.165) is 10.8 Å². The van der Waals surface area contributed by atoms with E-state index < -0.39 is 0 Å². The summed E-state index contributed by atoms with van der Waals surface area (Å²) in [5.41, 5.74) is 0.594. The normalized spacial score (nSPS) is 16.7. The molecular weight excluding hydrogens is 272 g/mol. The van der Waals surface area contributed by atoms with Crippen LogP contribution in [0.4, 0.5) is 0 Å². The van der Waals surface area contributed by atoms with Crippen molar-refractivity contribution in [3.05, 3.63) is 41.2 Å². The SMILES string of the molecule is CC(NC(=O)c1cnc(Cl)c2ccccc12)C1CCC1. The average molecular weight is 289 g/mol. The Morgan fingerprint density at radius 3 is 2.70 bits per heavy atom. The Bertz CT molecular complexity index is 652. The first-order valence-corrected chi connectivity index (χ1v) is 7.38. The van der Waals surface area contributed by atoms with Crippen LogP contribution in [0, 0.1) is 5.92 Å². The van der Waals surface area contributed by atoms with Crippen LogP contribution in [-0.4, -0.2) is 16.9 Å². The highest BCUT2D eigenvalue weighted by Crippen LogP contribution is 2.30. The molecule has 0 radical (unpaired) electrons. The number of hydrogen-bond acceptors (Lipinski definition) is 2. The molecule has 0 spiro atoms. The standard InChI is InChI=1S/C16H17ClN2O/c1-10(11-5-4-6-11)19-16(20)14-9-18-15(17)13-8-3-2-7-12(13)14/h2-3,7-11H,4-6H2,1H3,(H,19,20). The summed E-state index contributed by atoms with van der Waals surface area (Å²) in [5.74, 6) is 0.551. The lowest BCUT2D eigenvalue weighted by Crippen LogP contribution is -2.40. The third kappa shape index (κ3) is 2.38. The first-order valence-electron chi connectivity index (χ1n) is 7.01. The van der Waals surface area contributed by atoms with Gasteiger partial charge >= 0.3 is 0 Å². The second-order valence-electron chi connectivity index (χ2n) is 5.46. The van der Waals surface area contributed by atoms with Crippen LogP contribution in [0.1, 0.15) is 36.5 Å². The molecule has 3 rings (SSSR count). The molecule has 1 aromatic carbocycles. The summed E-state index contributed by atoms with van der Waals surface area (Å²) in [5, 5.41) is 5.19. The number of benzene rings is 1. The molecule has 0 saturated heterocycles. The molecule has 1 saturated carbocycles. The Morgan fingerprint density at radius 1 is 1.35 bits per heavy atom. The zero-order valence-electron chi connectivity index (χ0n) is 11.4. The second kappa shape index (κ2) is 5.41. The van der Waals surface area contributed by atoms with Gasteiger partial charge in [0.05, 0.1) is 5.56 Å². The van der Waals surface area contributed by atoms with E-state index >= 15 is 0 Å². The number of carbonyl (C=O) groups excluding carboxylic acids is 1. The quantitative estimate of drug-likeness (QED) is 0.873. The van der Waals surface area contributed by atoms with Crippen molar-refractivity contribution in [2.75, 3.05) is 0 Å². The highest BCUT2D eigenvalue weighted by Gasteiger charge is 2.25. The molecule has 0 aliphatic heterocycles. The van der Waals surface area contributed by atoms with Gasteiger partial charge in [0.15, 0.2) is 0 Å². The molecule has 1 atom stereocenters. The zero-order chi connectivity index (χ0) is 14.1. The summed E-state index contributed by atoms with van der Waals surface area (Å²) in [7, 11) is 0. The third-order valence-corrected chi connectivity index (χ3v) is 4.51. The molecule has 104 valence electrons. The molecule has 4 heteroatoms. The Hall–Kier alpha value is -1.61. The van der Waals surface area contributed by atoms with Gasteiger partial charge in [-0.15, -0.1) is 0 Å². The molecular formula is C16H17ClN2O. The van der Waals surface area contributed by atoms with Gasteiger partial charge in [-0.3, -0.25) is 4.79 Å². The number of hydrogen-bond donors (Lipinski definition) is 1.